The highest BCUT2D eigenvalue weighted by Crippen LogP contribution is 2.25. The Morgan fingerprint density at radius 1 is 0.833 bits per heavy atom. The van der Waals surface area contributed by atoms with Gasteiger partial charge < -0.3 is 5.32 Å². The Morgan fingerprint density at radius 3 is 2.07 bits per heavy atom. The van der Waals surface area contributed by atoms with Gasteiger partial charge in [-0.1, -0.05) is 35.9 Å². The molecule has 4 rings (SSSR count). The van der Waals surface area contributed by atoms with E-state index in [0.29, 0.717) is 22.6 Å². The van der Waals surface area contributed by atoms with E-state index < -0.39 is 15.8 Å². The summed E-state index contributed by atoms with van der Waals surface area (Å²) in [5.74, 6) is -0.203. The highest BCUT2D eigenvalue weighted by molar-refractivity contribution is 7.92. The number of rotatable bonds is 6. The number of para-hydroxylation sites is 2. The summed E-state index contributed by atoms with van der Waals surface area (Å²) in [7, 11) is -3.99. The molecule has 0 aliphatic carbocycles. The molecule has 1 aromatic heterocycles. The van der Waals surface area contributed by atoms with Gasteiger partial charge in [-0.3, -0.25) is 4.72 Å². The first kappa shape index (κ1) is 20.1. The average Bonchev–Trinajstić information content (AvgIpc) is 2.73. The predicted octanol–water partition coefficient (Wildman–Crippen LogP) is 4.84. The third kappa shape index (κ3) is 4.50. The van der Waals surface area contributed by atoms with Crippen LogP contribution in [0.1, 0.15) is 5.56 Å². The molecule has 0 saturated heterocycles. The molecule has 2 N–H and O–H groups in total. The zero-order chi connectivity index (χ0) is 21.1. The van der Waals surface area contributed by atoms with Gasteiger partial charge in [-0.05, 0) is 54.1 Å². The van der Waals surface area contributed by atoms with Crippen molar-refractivity contribution in [3.63, 3.8) is 0 Å². The number of sulfonamides is 1. The molecule has 0 radical (unpaired) electrons. The summed E-state index contributed by atoms with van der Waals surface area (Å²) in [4.78, 5) is 8.85. The van der Waals surface area contributed by atoms with Gasteiger partial charge in [-0.2, -0.15) is 0 Å². The van der Waals surface area contributed by atoms with Gasteiger partial charge in [0.2, 0.25) is 0 Å². The number of aromatic nitrogens is 2. The zero-order valence-electron chi connectivity index (χ0n) is 15.5. The van der Waals surface area contributed by atoms with Crippen molar-refractivity contribution in [2.24, 2.45) is 0 Å². The lowest BCUT2D eigenvalue weighted by molar-refractivity contribution is 0.599. The molecular formula is C21H16ClFN4O2S. The van der Waals surface area contributed by atoms with Crippen molar-refractivity contribution in [2.45, 2.75) is 11.4 Å². The molecule has 0 aliphatic rings. The van der Waals surface area contributed by atoms with Crippen LogP contribution in [-0.2, 0) is 16.6 Å². The normalized spacial score (nSPS) is 11.4. The molecule has 4 aromatic rings. The fraction of sp³-hybridized carbons (Fsp3) is 0.0476. The molecule has 30 heavy (non-hydrogen) atoms. The third-order valence-corrected chi connectivity index (χ3v) is 5.91. The lowest BCUT2D eigenvalue weighted by atomic mass is 10.2. The van der Waals surface area contributed by atoms with Crippen LogP contribution in [0.4, 0.5) is 16.0 Å². The average molecular weight is 443 g/mol. The topological polar surface area (TPSA) is 84.0 Å². The first-order valence-corrected chi connectivity index (χ1v) is 10.8. The molecule has 0 spiro atoms. The van der Waals surface area contributed by atoms with Crippen molar-refractivity contribution >= 4 is 44.3 Å². The minimum absolute atomic E-state index is 0.0481. The number of nitrogens with one attached hydrogen (secondary N) is 2. The number of fused-ring (bicyclic) bond motifs is 1. The van der Waals surface area contributed by atoms with Crippen LogP contribution in [0.2, 0.25) is 5.02 Å². The maximum absolute atomic E-state index is 13.2. The molecule has 0 bridgehead atoms. The maximum Gasteiger partial charge on any atom is 0.263 e. The van der Waals surface area contributed by atoms with E-state index in [9.17, 15) is 12.8 Å². The van der Waals surface area contributed by atoms with Crippen LogP contribution in [-0.4, -0.2) is 18.4 Å². The molecule has 0 fully saturated rings. The van der Waals surface area contributed by atoms with Crippen molar-refractivity contribution in [2.75, 3.05) is 10.0 Å². The van der Waals surface area contributed by atoms with Crippen LogP contribution < -0.4 is 10.0 Å². The van der Waals surface area contributed by atoms with Gasteiger partial charge in [0, 0.05) is 11.6 Å². The molecule has 6 nitrogen and oxygen atoms in total. The summed E-state index contributed by atoms with van der Waals surface area (Å²) in [5.41, 5.74) is 2.08. The van der Waals surface area contributed by atoms with Crippen molar-refractivity contribution in [3.05, 3.63) is 89.2 Å². The van der Waals surface area contributed by atoms with E-state index >= 15 is 0 Å². The van der Waals surface area contributed by atoms with Crippen LogP contribution in [0, 0.1) is 5.82 Å². The molecule has 0 aliphatic heterocycles. The molecule has 1 heterocycles. The second-order valence-corrected chi connectivity index (χ2v) is 8.57. The number of halogens is 2. The van der Waals surface area contributed by atoms with Gasteiger partial charge >= 0.3 is 0 Å². The smallest absolute Gasteiger partial charge is 0.263 e. The summed E-state index contributed by atoms with van der Waals surface area (Å²) in [6.07, 6.45) is 0. The maximum atomic E-state index is 13.2. The number of nitrogens with zero attached hydrogens (tertiary/aromatic N) is 2. The van der Waals surface area contributed by atoms with E-state index in [1.165, 1.54) is 12.1 Å². The Morgan fingerprint density at radius 2 is 1.43 bits per heavy atom. The zero-order valence-corrected chi connectivity index (χ0v) is 17.1. The highest BCUT2D eigenvalue weighted by atomic mass is 35.5. The van der Waals surface area contributed by atoms with E-state index in [1.807, 2.05) is 18.2 Å². The number of anilines is 2. The van der Waals surface area contributed by atoms with E-state index in [4.69, 9.17) is 11.6 Å². The van der Waals surface area contributed by atoms with E-state index in [0.717, 1.165) is 17.7 Å². The minimum atomic E-state index is -3.99. The molecule has 0 unspecified atom stereocenters. The molecule has 152 valence electrons. The van der Waals surface area contributed by atoms with Crippen molar-refractivity contribution < 1.29 is 12.8 Å². The number of hydrogen-bond donors (Lipinski definition) is 2. The number of hydrogen-bond acceptors (Lipinski definition) is 5. The van der Waals surface area contributed by atoms with Crippen molar-refractivity contribution in [1.29, 1.82) is 0 Å². The third-order valence-electron chi connectivity index (χ3n) is 4.30. The Labute approximate surface area is 177 Å². The van der Waals surface area contributed by atoms with Gasteiger partial charge in [0.15, 0.2) is 11.6 Å². The van der Waals surface area contributed by atoms with Crippen LogP contribution in [0.5, 0.6) is 0 Å². The SMILES string of the molecule is O=S(=O)(Nc1nc2ccccc2nc1NCc1ccc(Cl)cc1)c1ccc(F)cc1. The van der Waals surface area contributed by atoms with Gasteiger partial charge in [0.05, 0.1) is 15.9 Å². The van der Waals surface area contributed by atoms with Gasteiger partial charge in [-0.25, -0.2) is 22.8 Å². The van der Waals surface area contributed by atoms with Crippen LogP contribution in [0.25, 0.3) is 11.0 Å². The highest BCUT2D eigenvalue weighted by Gasteiger charge is 2.19. The molecule has 3 aromatic carbocycles. The van der Waals surface area contributed by atoms with Gasteiger partial charge in [0.1, 0.15) is 5.82 Å². The first-order valence-electron chi connectivity index (χ1n) is 8.94. The predicted molar refractivity (Wildman–Crippen MR) is 116 cm³/mol. The summed E-state index contributed by atoms with van der Waals surface area (Å²) in [6.45, 7) is 0.384. The van der Waals surface area contributed by atoms with E-state index in [1.54, 1.807) is 30.3 Å². The van der Waals surface area contributed by atoms with Crippen LogP contribution in [0.15, 0.2) is 77.7 Å². The minimum Gasteiger partial charge on any atom is -0.363 e. The van der Waals surface area contributed by atoms with Crippen molar-refractivity contribution in [1.82, 2.24) is 9.97 Å². The van der Waals surface area contributed by atoms with E-state index in [2.05, 4.69) is 20.0 Å². The van der Waals surface area contributed by atoms with Gasteiger partial charge in [0.25, 0.3) is 10.0 Å². The summed E-state index contributed by atoms with van der Waals surface area (Å²) in [6, 6.07) is 18.9. The van der Waals surface area contributed by atoms with Crippen LogP contribution in [0.3, 0.4) is 0 Å². The molecule has 0 amide bonds. The first-order chi connectivity index (χ1) is 14.4. The second kappa shape index (κ2) is 8.25. The molecular weight excluding hydrogens is 427 g/mol. The Bertz CT molecular complexity index is 1300. The molecule has 9 heteroatoms. The standard InChI is InChI=1S/C21H16ClFN4O2S/c22-15-7-5-14(6-8-15)13-24-20-21(26-19-4-2-1-3-18(19)25-20)27-30(28,29)17-11-9-16(23)10-12-17/h1-12H,13H2,(H,24,25)(H,26,27). The fourth-order valence-corrected chi connectivity index (χ4v) is 3.92. The lowest BCUT2D eigenvalue weighted by Crippen LogP contribution is -2.16. The van der Waals surface area contributed by atoms with Crippen molar-refractivity contribution in [3.8, 4) is 0 Å². The van der Waals surface area contributed by atoms with E-state index in [-0.39, 0.29) is 16.5 Å². The summed E-state index contributed by atoms with van der Waals surface area (Å²) >= 11 is 5.92. The Kier molecular flexibility index (Phi) is 5.52. The lowest BCUT2D eigenvalue weighted by Gasteiger charge is -2.14. The van der Waals surface area contributed by atoms with Crippen LogP contribution >= 0.6 is 11.6 Å². The number of benzene rings is 3. The molecule has 0 atom stereocenters. The molecule has 0 saturated carbocycles. The largest absolute Gasteiger partial charge is 0.363 e. The summed E-state index contributed by atoms with van der Waals surface area (Å²) in [5, 5.41) is 3.74. The second-order valence-electron chi connectivity index (χ2n) is 6.45. The Hall–Kier alpha value is -3.23. The Balaban J connectivity index is 1.68. The van der Waals surface area contributed by atoms with Gasteiger partial charge in [-0.15, -0.1) is 0 Å². The fourth-order valence-electron chi connectivity index (χ4n) is 2.78. The monoisotopic (exact) mass is 442 g/mol. The summed E-state index contributed by atoms with van der Waals surface area (Å²) < 4.78 is 41.2. The quantitative estimate of drug-likeness (QED) is 0.446.